The van der Waals surface area contributed by atoms with Crippen molar-refractivity contribution < 1.29 is 18.1 Å². The number of nitrogens with zero attached hydrogens (tertiary/aromatic N) is 2. The quantitative estimate of drug-likeness (QED) is 0.477. The molecule has 2 aromatic carbocycles. The van der Waals surface area contributed by atoms with Crippen molar-refractivity contribution in [3.63, 3.8) is 0 Å². The van der Waals surface area contributed by atoms with Crippen LogP contribution in [0.4, 0.5) is 5.69 Å². The van der Waals surface area contributed by atoms with Gasteiger partial charge in [-0.05, 0) is 18.2 Å². The minimum Gasteiger partial charge on any atom is -0.472 e. The van der Waals surface area contributed by atoms with Crippen LogP contribution < -0.4 is 4.74 Å². The van der Waals surface area contributed by atoms with Crippen LogP contribution in [0.15, 0.2) is 59.5 Å². The van der Waals surface area contributed by atoms with E-state index < -0.39 is 21.2 Å². The molecule has 2 unspecified atom stereocenters. The van der Waals surface area contributed by atoms with Crippen LogP contribution >= 0.6 is 0 Å². The number of rotatable bonds is 5. The van der Waals surface area contributed by atoms with E-state index in [0.717, 1.165) is 0 Å². The summed E-state index contributed by atoms with van der Waals surface area (Å²) in [5, 5.41) is 10.7. The Morgan fingerprint density at radius 1 is 1.14 bits per heavy atom. The van der Waals surface area contributed by atoms with Gasteiger partial charge in [-0.15, -0.1) is 0 Å². The van der Waals surface area contributed by atoms with Crippen molar-refractivity contribution in [1.82, 2.24) is 4.31 Å². The molecule has 0 N–H and O–H groups in total. The van der Waals surface area contributed by atoms with Crippen LogP contribution in [0.2, 0.25) is 0 Å². The molecule has 1 fully saturated rings. The van der Waals surface area contributed by atoms with Gasteiger partial charge in [0.15, 0.2) is 6.23 Å². The minimum atomic E-state index is -3.59. The fraction of sp³-hybridized carbons (Fsp3) is 0.143. The van der Waals surface area contributed by atoms with Gasteiger partial charge in [-0.1, -0.05) is 24.3 Å². The van der Waals surface area contributed by atoms with E-state index in [0.29, 0.717) is 0 Å². The number of sulfonamides is 1. The van der Waals surface area contributed by atoms with E-state index in [2.05, 4.69) is 0 Å². The third-order valence-corrected chi connectivity index (χ3v) is 5.04. The lowest BCUT2D eigenvalue weighted by Crippen LogP contribution is -2.17. The Hall–Kier alpha value is -2.45. The van der Waals surface area contributed by atoms with Crippen molar-refractivity contribution in [3.05, 3.63) is 64.7 Å². The third kappa shape index (κ3) is 2.78. The van der Waals surface area contributed by atoms with Gasteiger partial charge in [-0.2, -0.15) is 4.31 Å². The van der Waals surface area contributed by atoms with Gasteiger partial charge >= 0.3 is 0 Å². The Kier molecular flexibility index (Phi) is 3.55. The van der Waals surface area contributed by atoms with Gasteiger partial charge < -0.3 is 4.74 Å². The molecule has 0 aliphatic carbocycles. The maximum atomic E-state index is 12.3. The van der Waals surface area contributed by atoms with Crippen molar-refractivity contribution in [2.75, 3.05) is 6.54 Å². The molecular weight excluding hydrogens is 308 g/mol. The average molecular weight is 320 g/mol. The van der Waals surface area contributed by atoms with E-state index >= 15 is 0 Å². The van der Waals surface area contributed by atoms with E-state index in [9.17, 15) is 18.5 Å². The molecule has 22 heavy (non-hydrogen) atoms. The Morgan fingerprint density at radius 3 is 2.55 bits per heavy atom. The second-order valence-corrected chi connectivity index (χ2v) is 6.61. The molecule has 7 nitrogen and oxygen atoms in total. The first-order chi connectivity index (χ1) is 10.5. The molecule has 0 amide bonds. The highest BCUT2D eigenvalue weighted by molar-refractivity contribution is 7.89. The maximum absolute atomic E-state index is 12.3. The first kappa shape index (κ1) is 14.5. The van der Waals surface area contributed by atoms with E-state index in [1.807, 2.05) is 0 Å². The lowest BCUT2D eigenvalue weighted by Gasteiger charge is -2.07. The highest BCUT2D eigenvalue weighted by Gasteiger charge is 2.47. The molecule has 2 aromatic rings. The molecule has 0 aromatic heterocycles. The van der Waals surface area contributed by atoms with Crippen LogP contribution in [0, 0.1) is 10.1 Å². The van der Waals surface area contributed by atoms with Crippen LogP contribution in [-0.4, -0.2) is 30.4 Å². The summed E-state index contributed by atoms with van der Waals surface area (Å²) in [6, 6.07) is 13.7. The van der Waals surface area contributed by atoms with Crippen LogP contribution in [-0.2, 0) is 10.0 Å². The largest absolute Gasteiger partial charge is 0.472 e. The lowest BCUT2D eigenvalue weighted by atomic mass is 10.3. The molecule has 0 saturated carbocycles. The maximum Gasteiger partial charge on any atom is 0.273 e. The zero-order valence-electron chi connectivity index (χ0n) is 11.3. The van der Waals surface area contributed by atoms with Crippen LogP contribution in [0.3, 0.4) is 0 Å². The number of nitro benzene ring substituents is 1. The molecule has 2 atom stereocenters. The van der Waals surface area contributed by atoms with E-state index in [1.165, 1.54) is 34.6 Å². The van der Waals surface area contributed by atoms with Crippen LogP contribution in [0.1, 0.15) is 0 Å². The second-order valence-electron chi connectivity index (χ2n) is 4.71. The monoisotopic (exact) mass is 320 g/mol. The Bertz CT molecular complexity index is 807. The van der Waals surface area contributed by atoms with Gasteiger partial charge in [0.05, 0.1) is 22.4 Å². The normalized spacial score (nSPS) is 20.4. The second kappa shape index (κ2) is 5.39. The number of nitro groups is 1. The van der Waals surface area contributed by atoms with Gasteiger partial charge in [0, 0.05) is 6.07 Å². The molecule has 1 aliphatic heterocycles. The molecule has 8 heteroatoms. The third-order valence-electron chi connectivity index (χ3n) is 3.17. The lowest BCUT2D eigenvalue weighted by molar-refractivity contribution is -0.384. The standard InChI is InChI=1S/C14H12N2O5S/c17-16(18)11-5-4-6-12(9-11)21-14-10-15(14)22(19,20)13-7-2-1-3-8-13/h1-9,14H,10H2. The van der Waals surface area contributed by atoms with Crippen molar-refractivity contribution in [1.29, 1.82) is 0 Å². The summed E-state index contributed by atoms with van der Waals surface area (Å²) in [7, 11) is -3.59. The first-order valence-electron chi connectivity index (χ1n) is 6.46. The molecular formula is C14H12N2O5S. The molecule has 1 saturated heterocycles. The predicted octanol–water partition coefficient (Wildman–Crippen LogP) is 2.00. The van der Waals surface area contributed by atoms with Gasteiger partial charge in [0.1, 0.15) is 5.75 Å². The van der Waals surface area contributed by atoms with E-state index in [4.69, 9.17) is 4.74 Å². The Morgan fingerprint density at radius 2 is 1.86 bits per heavy atom. The number of non-ortho nitro benzene ring substituents is 1. The van der Waals surface area contributed by atoms with Gasteiger partial charge in [0.25, 0.3) is 5.69 Å². The number of benzene rings is 2. The first-order valence-corrected chi connectivity index (χ1v) is 7.90. The Labute approximate surface area is 126 Å². The fourth-order valence-corrected chi connectivity index (χ4v) is 3.46. The SMILES string of the molecule is O=[N+]([O-])c1cccc(OC2CN2S(=O)(=O)c2ccccc2)c1. The molecule has 114 valence electrons. The van der Waals surface area contributed by atoms with Crippen molar-refractivity contribution in [2.24, 2.45) is 0 Å². The zero-order valence-corrected chi connectivity index (χ0v) is 12.1. The van der Waals surface area contributed by atoms with Gasteiger partial charge in [-0.3, -0.25) is 10.1 Å². The summed E-state index contributed by atoms with van der Waals surface area (Å²) < 4.78 is 31.3. The zero-order chi connectivity index (χ0) is 15.7. The molecule has 0 spiro atoms. The summed E-state index contributed by atoms with van der Waals surface area (Å²) in [6.45, 7) is 0.222. The van der Waals surface area contributed by atoms with E-state index in [-0.39, 0.29) is 22.9 Å². The predicted molar refractivity (Wildman–Crippen MR) is 77.8 cm³/mol. The highest BCUT2D eigenvalue weighted by atomic mass is 32.2. The van der Waals surface area contributed by atoms with Crippen LogP contribution in [0.25, 0.3) is 0 Å². The Balaban J connectivity index is 1.73. The fourth-order valence-electron chi connectivity index (χ4n) is 2.01. The van der Waals surface area contributed by atoms with Crippen molar-refractivity contribution in [2.45, 2.75) is 11.1 Å². The summed E-state index contributed by atoms with van der Waals surface area (Å²) in [6.07, 6.45) is -0.632. The van der Waals surface area contributed by atoms with Crippen molar-refractivity contribution in [3.8, 4) is 5.75 Å². The summed E-state index contributed by atoms with van der Waals surface area (Å²) >= 11 is 0. The molecule has 3 rings (SSSR count). The highest BCUT2D eigenvalue weighted by Crippen LogP contribution is 2.31. The molecule has 1 heterocycles. The summed E-state index contributed by atoms with van der Waals surface area (Å²) in [5.74, 6) is 0.268. The minimum absolute atomic E-state index is 0.101. The van der Waals surface area contributed by atoms with Gasteiger partial charge in [-0.25, -0.2) is 8.42 Å². The topological polar surface area (TPSA) is 89.5 Å². The smallest absolute Gasteiger partial charge is 0.273 e. The number of hydrogen-bond acceptors (Lipinski definition) is 5. The average Bonchev–Trinajstić information content (AvgIpc) is 3.28. The molecule has 0 radical (unpaired) electrons. The van der Waals surface area contributed by atoms with Crippen molar-refractivity contribution >= 4 is 15.7 Å². The summed E-state index contributed by atoms with van der Waals surface area (Å²) in [4.78, 5) is 10.4. The number of ether oxygens (including phenoxy) is 1. The molecule has 1 aliphatic rings. The number of hydrogen-bond donors (Lipinski definition) is 0. The summed E-state index contributed by atoms with van der Waals surface area (Å²) in [5.41, 5.74) is -0.101. The van der Waals surface area contributed by atoms with E-state index in [1.54, 1.807) is 24.3 Å². The van der Waals surface area contributed by atoms with Crippen LogP contribution in [0.5, 0.6) is 5.75 Å². The van der Waals surface area contributed by atoms with Gasteiger partial charge in [0.2, 0.25) is 10.0 Å². The molecule has 0 bridgehead atoms.